The minimum Gasteiger partial charge on any atom is -0.299 e. The van der Waals surface area contributed by atoms with Gasteiger partial charge >= 0.3 is 6.18 Å². The maximum absolute atomic E-state index is 14.2. The molecule has 0 aromatic heterocycles. The Morgan fingerprint density at radius 3 is 2.27 bits per heavy atom. The van der Waals surface area contributed by atoms with Crippen LogP contribution in [0, 0.1) is 11.7 Å². The van der Waals surface area contributed by atoms with Gasteiger partial charge in [0, 0.05) is 31.0 Å². The Morgan fingerprint density at radius 1 is 1.00 bits per heavy atom. The van der Waals surface area contributed by atoms with Crippen LogP contribution in [0.5, 0.6) is 0 Å². The van der Waals surface area contributed by atoms with E-state index in [1.165, 1.54) is 5.56 Å². The Balaban J connectivity index is 1.43. The molecule has 0 amide bonds. The fourth-order valence-corrected chi connectivity index (χ4v) is 4.99. The van der Waals surface area contributed by atoms with Gasteiger partial charge in [-0.15, -0.1) is 0 Å². The second-order valence-corrected chi connectivity index (χ2v) is 8.51. The van der Waals surface area contributed by atoms with Crippen LogP contribution in [-0.2, 0) is 23.9 Å². The number of piperidine rings is 2. The molecule has 2 aliphatic heterocycles. The number of Topliss-reactive ketones (excluding diaryl/α,β-unsaturated/α-hetero) is 1. The fraction of sp³-hybridized carbons (Fsp3) is 0.458. The quantitative estimate of drug-likeness (QED) is 0.572. The first kappa shape index (κ1) is 21.0. The summed E-state index contributed by atoms with van der Waals surface area (Å²) < 4.78 is 52.4. The van der Waals surface area contributed by atoms with Gasteiger partial charge in [-0.05, 0) is 48.9 Å². The highest BCUT2D eigenvalue weighted by Gasteiger charge is 2.40. The highest BCUT2D eigenvalue weighted by atomic mass is 19.4. The van der Waals surface area contributed by atoms with Crippen molar-refractivity contribution in [2.24, 2.45) is 5.92 Å². The number of fused-ring (bicyclic) bond motifs is 2. The van der Waals surface area contributed by atoms with E-state index in [2.05, 4.69) is 17.0 Å². The standard InChI is InChI=1S/C24H25F4NO/c25-22-14-19(24(26,27)28)10-9-17(22)13-23(30)18-11-20-7-4-8-21(12-18)29(20)15-16-5-2-1-3-6-16/h1-3,5-6,9-10,14,18,20-21H,4,7-8,11-13,15H2. The number of hydrogen-bond acceptors (Lipinski definition) is 2. The van der Waals surface area contributed by atoms with Crippen LogP contribution in [0.2, 0.25) is 0 Å². The van der Waals surface area contributed by atoms with Crippen molar-refractivity contribution in [2.45, 2.75) is 63.3 Å². The van der Waals surface area contributed by atoms with E-state index >= 15 is 0 Å². The first-order chi connectivity index (χ1) is 14.3. The van der Waals surface area contributed by atoms with Crippen LogP contribution in [-0.4, -0.2) is 22.8 Å². The lowest BCUT2D eigenvalue weighted by Gasteiger charge is -2.48. The van der Waals surface area contributed by atoms with E-state index < -0.39 is 17.6 Å². The van der Waals surface area contributed by atoms with Gasteiger partial charge in [-0.3, -0.25) is 9.69 Å². The molecule has 2 fully saturated rings. The lowest BCUT2D eigenvalue weighted by Crippen LogP contribution is -2.52. The number of carbonyl (C=O) groups excluding carboxylic acids is 1. The number of alkyl halides is 3. The third-order valence-corrected chi connectivity index (χ3v) is 6.53. The molecule has 30 heavy (non-hydrogen) atoms. The van der Waals surface area contributed by atoms with E-state index in [9.17, 15) is 22.4 Å². The summed E-state index contributed by atoms with van der Waals surface area (Å²) in [6.07, 6.45) is -0.0212. The topological polar surface area (TPSA) is 20.3 Å². The monoisotopic (exact) mass is 419 g/mol. The Morgan fingerprint density at radius 2 is 1.67 bits per heavy atom. The third kappa shape index (κ3) is 4.59. The van der Waals surface area contributed by atoms with Crippen molar-refractivity contribution in [1.82, 2.24) is 4.90 Å². The molecular formula is C24H25F4NO. The van der Waals surface area contributed by atoms with E-state index in [1.54, 1.807) is 0 Å². The van der Waals surface area contributed by atoms with Crippen molar-refractivity contribution >= 4 is 5.78 Å². The number of halogens is 4. The molecule has 2 nitrogen and oxygen atoms in total. The normalized spacial score (nSPS) is 24.6. The van der Waals surface area contributed by atoms with Crippen molar-refractivity contribution < 1.29 is 22.4 Å². The van der Waals surface area contributed by atoms with Gasteiger partial charge in [0.1, 0.15) is 11.6 Å². The molecule has 0 spiro atoms. The molecule has 2 atom stereocenters. The average Bonchev–Trinajstić information content (AvgIpc) is 2.69. The molecule has 0 radical (unpaired) electrons. The van der Waals surface area contributed by atoms with Gasteiger partial charge in [0.25, 0.3) is 0 Å². The maximum atomic E-state index is 14.2. The van der Waals surface area contributed by atoms with Gasteiger partial charge < -0.3 is 0 Å². The Kier molecular flexibility index (Phi) is 5.96. The molecule has 2 aromatic carbocycles. The van der Waals surface area contributed by atoms with Crippen LogP contribution in [0.25, 0.3) is 0 Å². The first-order valence-electron chi connectivity index (χ1n) is 10.5. The Hall–Kier alpha value is -2.21. The van der Waals surface area contributed by atoms with E-state index in [1.807, 2.05) is 18.2 Å². The number of benzene rings is 2. The summed E-state index contributed by atoms with van der Waals surface area (Å²) in [5, 5.41) is 0. The van der Waals surface area contributed by atoms with Crippen LogP contribution >= 0.6 is 0 Å². The van der Waals surface area contributed by atoms with E-state index in [0.29, 0.717) is 18.2 Å². The lowest BCUT2D eigenvalue weighted by molar-refractivity contribution is -0.137. The molecule has 0 aliphatic carbocycles. The molecule has 2 bridgehead atoms. The molecule has 2 aliphatic rings. The van der Waals surface area contributed by atoms with Crippen LogP contribution < -0.4 is 0 Å². The van der Waals surface area contributed by atoms with Crippen LogP contribution in [0.1, 0.15) is 48.8 Å². The van der Waals surface area contributed by atoms with Gasteiger partial charge in [-0.2, -0.15) is 13.2 Å². The summed E-state index contributed by atoms with van der Waals surface area (Å²) in [7, 11) is 0. The van der Waals surface area contributed by atoms with Crippen LogP contribution in [0.4, 0.5) is 17.6 Å². The summed E-state index contributed by atoms with van der Waals surface area (Å²) in [5.74, 6) is -1.18. The molecule has 2 saturated heterocycles. The average molecular weight is 419 g/mol. The molecule has 0 N–H and O–H groups in total. The molecule has 2 heterocycles. The minimum absolute atomic E-state index is 0.0462. The number of rotatable bonds is 5. The lowest BCUT2D eigenvalue weighted by atomic mass is 9.75. The largest absolute Gasteiger partial charge is 0.416 e. The van der Waals surface area contributed by atoms with Gasteiger partial charge in [-0.25, -0.2) is 4.39 Å². The molecular weight excluding hydrogens is 394 g/mol. The fourth-order valence-electron chi connectivity index (χ4n) is 4.99. The molecule has 2 unspecified atom stereocenters. The van der Waals surface area contributed by atoms with Crippen LogP contribution in [0.3, 0.4) is 0 Å². The SMILES string of the molecule is O=C(Cc1ccc(C(F)(F)F)cc1F)C1CC2CCCC(C1)N2Cc1ccccc1. The van der Waals surface area contributed by atoms with Gasteiger partial charge in [0.15, 0.2) is 0 Å². The Labute approximate surface area is 173 Å². The molecule has 6 heteroatoms. The van der Waals surface area contributed by atoms with Crippen LogP contribution in [0.15, 0.2) is 48.5 Å². The summed E-state index contributed by atoms with van der Waals surface area (Å²) in [4.78, 5) is 15.4. The third-order valence-electron chi connectivity index (χ3n) is 6.53. The van der Waals surface area contributed by atoms with E-state index in [-0.39, 0.29) is 23.7 Å². The number of nitrogens with zero attached hydrogens (tertiary/aromatic N) is 1. The molecule has 0 saturated carbocycles. The highest BCUT2D eigenvalue weighted by molar-refractivity contribution is 5.83. The van der Waals surface area contributed by atoms with Crippen molar-refractivity contribution in [3.8, 4) is 0 Å². The zero-order valence-corrected chi connectivity index (χ0v) is 16.7. The zero-order chi connectivity index (χ0) is 21.3. The smallest absolute Gasteiger partial charge is 0.299 e. The number of ketones is 1. The second-order valence-electron chi connectivity index (χ2n) is 8.51. The molecule has 160 valence electrons. The molecule has 2 aromatic rings. The maximum Gasteiger partial charge on any atom is 0.416 e. The second kappa shape index (κ2) is 8.50. The van der Waals surface area contributed by atoms with Crippen molar-refractivity contribution in [3.63, 3.8) is 0 Å². The van der Waals surface area contributed by atoms with Crippen molar-refractivity contribution in [2.75, 3.05) is 0 Å². The van der Waals surface area contributed by atoms with Gasteiger partial charge in [-0.1, -0.05) is 42.8 Å². The molecule has 4 rings (SSSR count). The van der Waals surface area contributed by atoms with Gasteiger partial charge in [0.2, 0.25) is 0 Å². The van der Waals surface area contributed by atoms with Gasteiger partial charge in [0.05, 0.1) is 5.56 Å². The summed E-state index contributed by atoms with van der Waals surface area (Å²) >= 11 is 0. The van der Waals surface area contributed by atoms with E-state index in [4.69, 9.17) is 0 Å². The summed E-state index contributed by atoms with van der Waals surface area (Å²) in [6, 6.07) is 13.4. The number of carbonyl (C=O) groups is 1. The first-order valence-corrected chi connectivity index (χ1v) is 10.5. The summed E-state index contributed by atoms with van der Waals surface area (Å²) in [5.41, 5.74) is 0.274. The zero-order valence-electron chi connectivity index (χ0n) is 16.7. The summed E-state index contributed by atoms with van der Waals surface area (Å²) in [6.45, 7) is 0.866. The minimum atomic E-state index is -4.59. The van der Waals surface area contributed by atoms with E-state index in [0.717, 1.165) is 50.8 Å². The predicted octanol–water partition coefficient (Wildman–Crippen LogP) is 5.79. The Bertz CT molecular complexity index is 882. The number of hydrogen-bond donors (Lipinski definition) is 0. The van der Waals surface area contributed by atoms with Crippen molar-refractivity contribution in [3.05, 3.63) is 71.0 Å². The van der Waals surface area contributed by atoms with Crippen molar-refractivity contribution in [1.29, 1.82) is 0 Å². The predicted molar refractivity (Wildman–Crippen MR) is 106 cm³/mol. The highest BCUT2D eigenvalue weighted by Crippen LogP contribution is 2.39.